The van der Waals surface area contributed by atoms with E-state index in [4.69, 9.17) is 4.74 Å². The van der Waals surface area contributed by atoms with E-state index >= 15 is 0 Å². The van der Waals surface area contributed by atoms with Crippen LogP contribution in [0.4, 0.5) is 4.79 Å². The first-order valence-electron chi connectivity index (χ1n) is 7.61. The number of nitrogens with one attached hydrogen (secondary N) is 1. The van der Waals surface area contributed by atoms with Crippen molar-refractivity contribution in [3.63, 3.8) is 0 Å². The van der Waals surface area contributed by atoms with E-state index in [9.17, 15) is 9.59 Å². The number of carbonyl (C=O) groups is 2. The van der Waals surface area contributed by atoms with Gasteiger partial charge in [-0.05, 0) is 20.8 Å². The summed E-state index contributed by atoms with van der Waals surface area (Å²) in [4.78, 5) is 31.1. The zero-order chi connectivity index (χ0) is 17.0. The molecule has 0 aromatic carbocycles. The lowest BCUT2D eigenvalue weighted by atomic mass is 10.2. The molecule has 0 saturated carbocycles. The summed E-state index contributed by atoms with van der Waals surface area (Å²) < 4.78 is 5.41. The van der Waals surface area contributed by atoms with Crippen LogP contribution in [0.3, 0.4) is 0 Å². The molecule has 0 radical (unpaired) electrons. The van der Waals surface area contributed by atoms with Crippen molar-refractivity contribution in [1.82, 2.24) is 15.2 Å². The number of rotatable bonds is 4. The van der Waals surface area contributed by atoms with Gasteiger partial charge in [-0.15, -0.1) is 17.9 Å². The molecule has 7 heteroatoms. The molecule has 0 unspecified atom stereocenters. The van der Waals surface area contributed by atoms with E-state index in [-0.39, 0.29) is 18.4 Å². The van der Waals surface area contributed by atoms with Gasteiger partial charge >= 0.3 is 6.09 Å². The van der Waals surface area contributed by atoms with Gasteiger partial charge in [-0.1, -0.05) is 6.08 Å². The molecule has 0 atom stereocenters. The number of hydrogen-bond donors (Lipinski definition) is 1. The van der Waals surface area contributed by atoms with Crippen LogP contribution in [0.5, 0.6) is 0 Å². The van der Waals surface area contributed by atoms with Gasteiger partial charge in [0.1, 0.15) is 10.6 Å². The molecule has 0 fully saturated rings. The molecule has 2 amide bonds. The Kier molecular flexibility index (Phi) is 5.41. The third-order valence-corrected chi connectivity index (χ3v) is 4.26. The molecule has 6 nitrogen and oxygen atoms in total. The molecule has 1 aliphatic heterocycles. The summed E-state index contributed by atoms with van der Waals surface area (Å²) >= 11 is 1.49. The quantitative estimate of drug-likeness (QED) is 0.856. The van der Waals surface area contributed by atoms with Gasteiger partial charge in [0.05, 0.1) is 18.7 Å². The van der Waals surface area contributed by atoms with Crippen molar-refractivity contribution < 1.29 is 14.3 Å². The maximum atomic E-state index is 12.1. The van der Waals surface area contributed by atoms with Crippen LogP contribution < -0.4 is 5.32 Å². The minimum Gasteiger partial charge on any atom is -0.444 e. The number of nitrogens with zero attached hydrogens (tertiary/aromatic N) is 2. The molecule has 2 rings (SSSR count). The van der Waals surface area contributed by atoms with Crippen molar-refractivity contribution in [2.45, 2.75) is 45.8 Å². The minimum atomic E-state index is -0.501. The minimum absolute atomic E-state index is 0.0694. The third kappa shape index (κ3) is 5.06. The van der Waals surface area contributed by atoms with E-state index in [0.29, 0.717) is 26.1 Å². The van der Waals surface area contributed by atoms with E-state index in [1.165, 1.54) is 11.3 Å². The summed E-state index contributed by atoms with van der Waals surface area (Å²) in [5.41, 5.74) is 0.487. The lowest BCUT2D eigenvalue weighted by molar-refractivity contribution is -0.120. The summed E-state index contributed by atoms with van der Waals surface area (Å²) in [6.07, 6.45) is 2.29. The van der Waals surface area contributed by atoms with Crippen molar-refractivity contribution in [2.75, 3.05) is 13.1 Å². The number of hydrogen-bond acceptors (Lipinski definition) is 5. The Hall–Kier alpha value is -1.89. The average molecular weight is 337 g/mol. The maximum absolute atomic E-state index is 12.1. The van der Waals surface area contributed by atoms with Crippen LogP contribution in [0.15, 0.2) is 12.7 Å². The molecule has 23 heavy (non-hydrogen) atoms. The fourth-order valence-electron chi connectivity index (χ4n) is 2.19. The first-order valence-corrected chi connectivity index (χ1v) is 8.43. The van der Waals surface area contributed by atoms with Gasteiger partial charge in [-0.3, -0.25) is 4.79 Å². The highest BCUT2D eigenvalue weighted by Crippen LogP contribution is 2.26. The Morgan fingerprint density at radius 2 is 2.22 bits per heavy atom. The van der Waals surface area contributed by atoms with Gasteiger partial charge in [0.15, 0.2) is 0 Å². The number of thiazole rings is 1. The largest absolute Gasteiger partial charge is 0.444 e. The fourth-order valence-corrected chi connectivity index (χ4v) is 3.32. The number of ether oxygens (including phenoxy) is 1. The Morgan fingerprint density at radius 3 is 2.87 bits per heavy atom. The third-order valence-electron chi connectivity index (χ3n) is 3.18. The molecular formula is C16H23N3O3S. The number of carbonyl (C=O) groups excluding carboxylic acids is 2. The summed E-state index contributed by atoms with van der Waals surface area (Å²) in [7, 11) is 0. The predicted octanol–water partition coefficient (Wildman–Crippen LogP) is 2.28. The first kappa shape index (κ1) is 17.5. The van der Waals surface area contributed by atoms with Gasteiger partial charge in [-0.2, -0.15) is 0 Å². The topological polar surface area (TPSA) is 71.5 Å². The molecule has 0 saturated heterocycles. The van der Waals surface area contributed by atoms with E-state index in [0.717, 1.165) is 15.6 Å². The Morgan fingerprint density at radius 1 is 1.48 bits per heavy atom. The molecule has 0 spiro atoms. The summed E-state index contributed by atoms with van der Waals surface area (Å²) in [6, 6.07) is 0. The molecule has 126 valence electrons. The van der Waals surface area contributed by atoms with E-state index in [1.54, 1.807) is 11.0 Å². The zero-order valence-corrected chi connectivity index (χ0v) is 14.7. The normalized spacial score (nSPS) is 14.1. The second kappa shape index (κ2) is 7.12. The van der Waals surface area contributed by atoms with E-state index in [1.807, 2.05) is 20.8 Å². The van der Waals surface area contributed by atoms with Crippen LogP contribution >= 0.6 is 11.3 Å². The van der Waals surface area contributed by atoms with Crippen molar-refractivity contribution in [2.24, 2.45) is 0 Å². The Bertz CT molecular complexity index is 604. The fraction of sp³-hybridized carbons (Fsp3) is 0.562. The summed E-state index contributed by atoms with van der Waals surface area (Å²) in [6.45, 7) is 10.7. The number of aromatic nitrogens is 1. The first-order chi connectivity index (χ1) is 10.8. The van der Waals surface area contributed by atoms with Crippen LogP contribution in [-0.2, 0) is 28.9 Å². The average Bonchev–Trinajstić information content (AvgIpc) is 2.84. The molecule has 1 aromatic heterocycles. The van der Waals surface area contributed by atoms with Crippen LogP contribution in [0.1, 0.15) is 36.3 Å². The second-order valence-electron chi connectivity index (χ2n) is 6.40. The summed E-state index contributed by atoms with van der Waals surface area (Å²) in [5.74, 6) is -0.0694. The molecule has 1 N–H and O–H groups in total. The lowest BCUT2D eigenvalue weighted by Crippen LogP contribution is -2.39. The van der Waals surface area contributed by atoms with Crippen LogP contribution in [0, 0.1) is 0 Å². The highest BCUT2D eigenvalue weighted by atomic mass is 32.1. The molecule has 0 bridgehead atoms. The molecular weight excluding hydrogens is 314 g/mol. The Balaban J connectivity index is 1.97. The monoisotopic (exact) mass is 337 g/mol. The van der Waals surface area contributed by atoms with Crippen LogP contribution in [0.25, 0.3) is 0 Å². The standard InChI is InChI=1S/C16H23N3O3S/c1-5-7-17-13(20)9-14-18-11-6-8-19(10-12(11)23-14)15(21)22-16(2,3)4/h5H,1,6-10H2,2-4H3,(H,17,20). The van der Waals surface area contributed by atoms with Gasteiger partial charge in [0.2, 0.25) is 5.91 Å². The second-order valence-corrected chi connectivity index (χ2v) is 7.57. The van der Waals surface area contributed by atoms with Crippen LogP contribution in [0.2, 0.25) is 0 Å². The molecule has 0 aliphatic carbocycles. The Labute approximate surface area is 140 Å². The predicted molar refractivity (Wildman–Crippen MR) is 89.4 cm³/mol. The van der Waals surface area contributed by atoms with Gasteiger partial charge < -0.3 is 15.0 Å². The van der Waals surface area contributed by atoms with Crippen molar-refractivity contribution >= 4 is 23.3 Å². The van der Waals surface area contributed by atoms with Gasteiger partial charge in [0, 0.05) is 24.4 Å². The highest BCUT2D eigenvalue weighted by molar-refractivity contribution is 7.11. The number of fused-ring (bicyclic) bond motifs is 1. The van der Waals surface area contributed by atoms with E-state index in [2.05, 4.69) is 16.9 Å². The van der Waals surface area contributed by atoms with Crippen molar-refractivity contribution in [3.8, 4) is 0 Å². The highest BCUT2D eigenvalue weighted by Gasteiger charge is 2.28. The molecule has 1 aliphatic rings. The SMILES string of the molecule is C=CCNC(=O)Cc1nc2c(s1)CN(C(=O)OC(C)(C)C)CC2. The molecule has 1 aromatic rings. The van der Waals surface area contributed by atoms with Gasteiger partial charge in [-0.25, -0.2) is 9.78 Å². The lowest BCUT2D eigenvalue weighted by Gasteiger charge is -2.29. The van der Waals surface area contributed by atoms with Crippen molar-refractivity contribution in [1.29, 1.82) is 0 Å². The van der Waals surface area contributed by atoms with Crippen molar-refractivity contribution in [3.05, 3.63) is 28.2 Å². The number of amides is 2. The van der Waals surface area contributed by atoms with Crippen LogP contribution in [-0.4, -0.2) is 40.6 Å². The smallest absolute Gasteiger partial charge is 0.410 e. The maximum Gasteiger partial charge on any atom is 0.410 e. The molecule has 2 heterocycles. The zero-order valence-electron chi connectivity index (χ0n) is 13.8. The van der Waals surface area contributed by atoms with Gasteiger partial charge in [0.25, 0.3) is 0 Å². The summed E-state index contributed by atoms with van der Waals surface area (Å²) in [5, 5.41) is 3.52. The van der Waals surface area contributed by atoms with E-state index < -0.39 is 5.60 Å².